The molecule has 1 heterocycles. The van der Waals surface area contributed by atoms with Gasteiger partial charge in [0, 0.05) is 6.20 Å². The minimum atomic E-state index is -0.700. The fraction of sp³-hybridized carbons (Fsp3) is 0.333. The van der Waals surface area contributed by atoms with Crippen LogP contribution in [0.3, 0.4) is 0 Å². The lowest BCUT2D eigenvalue weighted by Crippen LogP contribution is -2.22. The summed E-state index contributed by atoms with van der Waals surface area (Å²) in [7, 11) is 3.51. The van der Waals surface area contributed by atoms with Gasteiger partial charge in [0.25, 0.3) is 0 Å². The van der Waals surface area contributed by atoms with Crippen LogP contribution >= 0.6 is 0 Å². The highest BCUT2D eigenvalue weighted by atomic mass is 19.1. The van der Waals surface area contributed by atoms with Gasteiger partial charge in [-0.05, 0) is 26.2 Å². The Hall–Kier alpha value is -1.29. The van der Waals surface area contributed by atoms with Gasteiger partial charge in [0.05, 0.1) is 12.1 Å². The van der Waals surface area contributed by atoms with E-state index in [4.69, 9.17) is 0 Å². The summed E-state index contributed by atoms with van der Waals surface area (Å²) in [4.78, 5) is 16.4. The Morgan fingerprint density at radius 2 is 2.31 bits per heavy atom. The molecule has 0 aromatic carbocycles. The second-order valence-corrected chi connectivity index (χ2v) is 3.00. The molecule has 0 amide bonds. The molecule has 70 valence electrons. The number of nitrogens with zero attached hydrogens (tertiary/aromatic N) is 2. The molecule has 4 heteroatoms. The topological polar surface area (TPSA) is 33.2 Å². The van der Waals surface area contributed by atoms with Crippen molar-refractivity contribution in [3.8, 4) is 0 Å². The molecule has 1 aromatic rings. The third-order valence-electron chi connectivity index (χ3n) is 1.52. The Morgan fingerprint density at radius 3 is 2.85 bits per heavy atom. The van der Waals surface area contributed by atoms with Crippen molar-refractivity contribution in [2.24, 2.45) is 0 Å². The Bertz CT molecular complexity index is 312. The number of aromatic nitrogens is 1. The second kappa shape index (κ2) is 4.09. The highest BCUT2D eigenvalue weighted by Gasteiger charge is 2.11. The minimum absolute atomic E-state index is 0.0520. The molecule has 0 radical (unpaired) electrons. The number of likely N-dealkylation sites (N-methyl/N-ethyl adjacent to an activating group) is 1. The molecule has 0 spiro atoms. The first-order valence-electron chi connectivity index (χ1n) is 3.89. The Kier molecular flexibility index (Phi) is 3.08. The Labute approximate surface area is 76.2 Å². The van der Waals surface area contributed by atoms with E-state index in [2.05, 4.69) is 4.98 Å². The van der Waals surface area contributed by atoms with Crippen molar-refractivity contribution in [3.05, 3.63) is 29.8 Å². The zero-order valence-corrected chi connectivity index (χ0v) is 7.62. The van der Waals surface area contributed by atoms with Crippen LogP contribution in [0.5, 0.6) is 0 Å². The van der Waals surface area contributed by atoms with Crippen molar-refractivity contribution >= 4 is 5.78 Å². The van der Waals surface area contributed by atoms with E-state index in [-0.39, 0.29) is 17.9 Å². The molecule has 0 atom stereocenters. The first-order valence-corrected chi connectivity index (χ1v) is 3.89. The fourth-order valence-corrected chi connectivity index (χ4v) is 0.966. The van der Waals surface area contributed by atoms with Crippen LogP contribution in [0.4, 0.5) is 4.39 Å². The summed E-state index contributed by atoms with van der Waals surface area (Å²) in [5.41, 5.74) is 0.0520. The quantitative estimate of drug-likeness (QED) is 0.515. The Morgan fingerprint density at radius 1 is 1.62 bits per heavy atom. The molecular weight excluding hydrogens is 171 g/mol. The number of carbonyl (C=O) groups is 1. The summed E-state index contributed by atoms with van der Waals surface area (Å²) < 4.78 is 12.9. The van der Waals surface area contributed by atoms with Gasteiger partial charge in [-0.25, -0.2) is 4.98 Å². The van der Waals surface area contributed by atoms with E-state index in [0.717, 1.165) is 0 Å². The fourth-order valence-electron chi connectivity index (χ4n) is 0.966. The lowest BCUT2D eigenvalue weighted by Gasteiger charge is -2.07. The number of carbonyl (C=O) groups excluding carboxylic acids is 1. The number of Topliss-reactive ketones (excluding diaryl/α,β-unsaturated/α-hetero) is 1. The van der Waals surface area contributed by atoms with Crippen LogP contribution in [-0.2, 0) is 0 Å². The zero-order valence-electron chi connectivity index (χ0n) is 7.62. The highest BCUT2D eigenvalue weighted by molar-refractivity contribution is 5.97. The standard InChI is InChI=1S/C9H11FN2O/c1-12(2)6-8(13)7-4-3-5-11-9(7)10/h3-5H,6H2,1-2H3. The number of halogens is 1. The average Bonchev–Trinajstić information content (AvgIpc) is 2.03. The smallest absolute Gasteiger partial charge is 0.223 e. The van der Waals surface area contributed by atoms with Crippen LogP contribution in [0.2, 0.25) is 0 Å². The number of ketones is 1. The molecule has 13 heavy (non-hydrogen) atoms. The normalized spacial score (nSPS) is 10.5. The maximum absolute atomic E-state index is 12.9. The predicted molar refractivity (Wildman–Crippen MR) is 47.1 cm³/mol. The van der Waals surface area contributed by atoms with E-state index >= 15 is 0 Å². The molecule has 0 fully saturated rings. The number of hydrogen-bond acceptors (Lipinski definition) is 3. The number of rotatable bonds is 3. The molecule has 0 unspecified atom stereocenters. The van der Waals surface area contributed by atoms with Gasteiger partial charge in [0.2, 0.25) is 5.95 Å². The summed E-state index contributed by atoms with van der Waals surface area (Å²) in [6, 6.07) is 2.99. The molecule has 0 aliphatic heterocycles. The van der Waals surface area contributed by atoms with Gasteiger partial charge in [-0.1, -0.05) is 0 Å². The molecular formula is C9H11FN2O. The lowest BCUT2D eigenvalue weighted by atomic mass is 10.2. The first kappa shape index (κ1) is 9.80. The minimum Gasteiger partial charge on any atom is -0.302 e. The zero-order chi connectivity index (χ0) is 9.84. The second-order valence-electron chi connectivity index (χ2n) is 3.00. The summed E-state index contributed by atoms with van der Waals surface area (Å²) in [6.07, 6.45) is 1.32. The molecule has 0 bridgehead atoms. The van der Waals surface area contributed by atoms with Crippen molar-refractivity contribution in [3.63, 3.8) is 0 Å². The average molecular weight is 182 g/mol. The largest absolute Gasteiger partial charge is 0.302 e. The van der Waals surface area contributed by atoms with E-state index in [1.165, 1.54) is 12.3 Å². The van der Waals surface area contributed by atoms with Gasteiger partial charge in [-0.3, -0.25) is 4.79 Å². The van der Waals surface area contributed by atoms with Crippen molar-refractivity contribution in [1.82, 2.24) is 9.88 Å². The summed E-state index contributed by atoms with van der Waals surface area (Å²) in [5, 5.41) is 0. The van der Waals surface area contributed by atoms with Gasteiger partial charge in [-0.15, -0.1) is 0 Å². The third-order valence-corrected chi connectivity index (χ3v) is 1.52. The highest BCUT2D eigenvalue weighted by Crippen LogP contribution is 2.04. The van der Waals surface area contributed by atoms with Gasteiger partial charge in [0.15, 0.2) is 5.78 Å². The van der Waals surface area contributed by atoms with Crippen molar-refractivity contribution < 1.29 is 9.18 Å². The maximum Gasteiger partial charge on any atom is 0.223 e. The van der Waals surface area contributed by atoms with E-state index in [0.29, 0.717) is 0 Å². The van der Waals surface area contributed by atoms with Crippen LogP contribution in [0.25, 0.3) is 0 Å². The summed E-state index contributed by atoms with van der Waals surface area (Å²) in [5.74, 6) is -0.954. The Balaban J connectivity index is 2.83. The molecule has 0 N–H and O–H groups in total. The number of hydrogen-bond donors (Lipinski definition) is 0. The lowest BCUT2D eigenvalue weighted by molar-refractivity contribution is 0.0953. The SMILES string of the molecule is CN(C)CC(=O)c1cccnc1F. The molecule has 3 nitrogen and oxygen atoms in total. The van der Waals surface area contributed by atoms with E-state index in [1.807, 2.05) is 0 Å². The van der Waals surface area contributed by atoms with Crippen LogP contribution in [0, 0.1) is 5.95 Å². The van der Waals surface area contributed by atoms with Crippen LogP contribution < -0.4 is 0 Å². The molecule has 1 aromatic heterocycles. The molecule has 0 aliphatic carbocycles. The first-order chi connectivity index (χ1) is 6.11. The van der Waals surface area contributed by atoms with E-state index in [1.54, 1.807) is 25.1 Å². The number of pyridine rings is 1. The van der Waals surface area contributed by atoms with Crippen molar-refractivity contribution in [2.45, 2.75) is 0 Å². The van der Waals surface area contributed by atoms with Gasteiger partial charge in [0.1, 0.15) is 0 Å². The van der Waals surface area contributed by atoms with Crippen LogP contribution in [0.1, 0.15) is 10.4 Å². The molecule has 0 aliphatic rings. The van der Waals surface area contributed by atoms with Crippen molar-refractivity contribution in [1.29, 1.82) is 0 Å². The third kappa shape index (κ3) is 2.59. The van der Waals surface area contributed by atoms with Gasteiger partial charge in [-0.2, -0.15) is 4.39 Å². The predicted octanol–water partition coefficient (Wildman–Crippen LogP) is 0.965. The van der Waals surface area contributed by atoms with E-state index < -0.39 is 5.95 Å². The van der Waals surface area contributed by atoms with Gasteiger partial charge >= 0.3 is 0 Å². The maximum atomic E-state index is 12.9. The van der Waals surface area contributed by atoms with Crippen LogP contribution in [0.15, 0.2) is 18.3 Å². The molecule has 1 rings (SSSR count). The monoisotopic (exact) mass is 182 g/mol. The van der Waals surface area contributed by atoms with Crippen molar-refractivity contribution in [2.75, 3.05) is 20.6 Å². The van der Waals surface area contributed by atoms with Gasteiger partial charge < -0.3 is 4.90 Å². The van der Waals surface area contributed by atoms with E-state index in [9.17, 15) is 9.18 Å². The summed E-state index contributed by atoms with van der Waals surface area (Å²) >= 11 is 0. The molecule has 0 saturated carbocycles. The summed E-state index contributed by atoms with van der Waals surface area (Å²) in [6.45, 7) is 0.197. The van der Waals surface area contributed by atoms with Crippen LogP contribution in [-0.4, -0.2) is 36.3 Å². The molecule has 0 saturated heterocycles.